The molecule has 0 aliphatic carbocycles. The first-order valence-corrected chi connectivity index (χ1v) is 6.35. The highest BCUT2D eigenvalue weighted by Crippen LogP contribution is 2.24. The summed E-state index contributed by atoms with van der Waals surface area (Å²) in [5.41, 5.74) is 0.816. The van der Waals surface area contributed by atoms with Crippen molar-refractivity contribution in [3.05, 3.63) is 18.1 Å². The number of rotatable bonds is 6. The van der Waals surface area contributed by atoms with Crippen LogP contribution in [-0.2, 0) is 16.0 Å². The van der Waals surface area contributed by atoms with Gasteiger partial charge in [-0.2, -0.15) is 0 Å². The largest absolute Gasteiger partial charge is 0.480 e. The molecule has 1 aromatic heterocycles. The summed E-state index contributed by atoms with van der Waals surface area (Å²) >= 11 is 0. The first kappa shape index (κ1) is 13.7. The number of ether oxygens (including phenoxy) is 2. The lowest BCUT2D eigenvalue weighted by atomic mass is 10.0. The van der Waals surface area contributed by atoms with Crippen molar-refractivity contribution < 1.29 is 14.3 Å². The molecule has 1 aliphatic heterocycles. The Balaban J connectivity index is 1.95. The van der Waals surface area contributed by atoms with E-state index in [-0.39, 0.29) is 11.8 Å². The van der Waals surface area contributed by atoms with Gasteiger partial charge in [-0.3, -0.25) is 9.78 Å². The lowest BCUT2D eigenvalue weighted by molar-refractivity contribution is -0.128. The van der Waals surface area contributed by atoms with Gasteiger partial charge in [0.2, 0.25) is 11.8 Å². The molecule has 0 aromatic carbocycles. The van der Waals surface area contributed by atoms with E-state index in [2.05, 4.69) is 9.97 Å². The molecule has 1 fully saturated rings. The van der Waals surface area contributed by atoms with Gasteiger partial charge in [0.25, 0.3) is 0 Å². The third-order valence-electron chi connectivity index (χ3n) is 3.27. The van der Waals surface area contributed by atoms with Crippen molar-refractivity contribution in [3.8, 4) is 5.88 Å². The van der Waals surface area contributed by atoms with Crippen LogP contribution in [0.3, 0.4) is 0 Å². The molecule has 0 unspecified atom stereocenters. The highest BCUT2D eigenvalue weighted by molar-refractivity contribution is 5.78. The maximum absolute atomic E-state index is 11.8. The van der Waals surface area contributed by atoms with Crippen molar-refractivity contribution in [1.82, 2.24) is 14.9 Å². The third kappa shape index (κ3) is 3.41. The Bertz CT molecular complexity index is 439. The number of hydrogen-bond donors (Lipinski definition) is 0. The van der Waals surface area contributed by atoms with Gasteiger partial charge in [0.05, 0.1) is 13.7 Å². The molecule has 2 rings (SSSR count). The second kappa shape index (κ2) is 6.47. The number of aromatic nitrogens is 2. The first-order chi connectivity index (χ1) is 9.24. The van der Waals surface area contributed by atoms with Gasteiger partial charge in [-0.05, 0) is 5.92 Å². The summed E-state index contributed by atoms with van der Waals surface area (Å²) in [4.78, 5) is 22.1. The zero-order chi connectivity index (χ0) is 13.7. The summed E-state index contributed by atoms with van der Waals surface area (Å²) in [7, 11) is 3.22. The van der Waals surface area contributed by atoms with Crippen LogP contribution in [0, 0.1) is 5.92 Å². The smallest absolute Gasteiger partial charge is 0.235 e. The Kier molecular flexibility index (Phi) is 4.68. The molecule has 1 atom stereocenters. The number of carbonyl (C=O) groups is 1. The van der Waals surface area contributed by atoms with E-state index in [1.54, 1.807) is 26.6 Å². The van der Waals surface area contributed by atoms with Crippen LogP contribution in [-0.4, -0.2) is 54.7 Å². The average molecular weight is 265 g/mol. The fourth-order valence-corrected chi connectivity index (χ4v) is 2.35. The molecule has 2 heterocycles. The van der Waals surface area contributed by atoms with Crippen molar-refractivity contribution in [3.63, 3.8) is 0 Å². The van der Waals surface area contributed by atoms with E-state index in [0.29, 0.717) is 31.9 Å². The van der Waals surface area contributed by atoms with Gasteiger partial charge in [-0.1, -0.05) is 0 Å². The monoisotopic (exact) mass is 265 g/mol. The Morgan fingerprint density at radius 3 is 2.89 bits per heavy atom. The van der Waals surface area contributed by atoms with Gasteiger partial charge < -0.3 is 14.4 Å². The van der Waals surface area contributed by atoms with Crippen LogP contribution in [0.4, 0.5) is 0 Å². The minimum absolute atomic E-state index is 0.185. The summed E-state index contributed by atoms with van der Waals surface area (Å²) < 4.78 is 10.2. The lowest BCUT2D eigenvalue weighted by Gasteiger charge is -2.16. The summed E-state index contributed by atoms with van der Waals surface area (Å²) in [5, 5.41) is 0. The van der Waals surface area contributed by atoms with Crippen LogP contribution in [0.1, 0.15) is 12.1 Å². The Morgan fingerprint density at radius 2 is 2.16 bits per heavy atom. The van der Waals surface area contributed by atoms with Gasteiger partial charge in [0.15, 0.2) is 0 Å². The number of hydrogen-bond acceptors (Lipinski definition) is 5. The highest BCUT2D eigenvalue weighted by Gasteiger charge is 2.30. The molecular weight excluding hydrogens is 246 g/mol. The molecule has 0 radical (unpaired) electrons. The van der Waals surface area contributed by atoms with Gasteiger partial charge in [0, 0.05) is 45.4 Å². The van der Waals surface area contributed by atoms with Crippen molar-refractivity contribution in [1.29, 1.82) is 0 Å². The van der Waals surface area contributed by atoms with E-state index in [9.17, 15) is 4.79 Å². The SMILES string of the molecule is COCCN1C[C@H](Cc2nccnc2OC)CC1=O. The average Bonchev–Trinajstić information content (AvgIpc) is 2.77. The van der Waals surface area contributed by atoms with E-state index >= 15 is 0 Å². The zero-order valence-corrected chi connectivity index (χ0v) is 11.3. The molecular formula is C13H19N3O3. The minimum atomic E-state index is 0.185. The van der Waals surface area contributed by atoms with Gasteiger partial charge in [-0.25, -0.2) is 4.98 Å². The fourth-order valence-electron chi connectivity index (χ4n) is 2.35. The van der Waals surface area contributed by atoms with Crippen LogP contribution < -0.4 is 4.74 Å². The molecule has 0 spiro atoms. The summed E-state index contributed by atoms with van der Waals surface area (Å²) in [6.45, 7) is 1.98. The van der Waals surface area contributed by atoms with Crippen LogP contribution >= 0.6 is 0 Å². The molecule has 0 N–H and O–H groups in total. The number of nitrogens with zero attached hydrogens (tertiary/aromatic N) is 3. The number of likely N-dealkylation sites (tertiary alicyclic amines) is 1. The van der Waals surface area contributed by atoms with Gasteiger partial charge in [0.1, 0.15) is 5.69 Å². The van der Waals surface area contributed by atoms with E-state index in [0.717, 1.165) is 12.2 Å². The van der Waals surface area contributed by atoms with E-state index < -0.39 is 0 Å². The van der Waals surface area contributed by atoms with E-state index in [1.807, 2.05) is 4.90 Å². The summed E-state index contributed by atoms with van der Waals surface area (Å²) in [6.07, 6.45) is 4.53. The van der Waals surface area contributed by atoms with Gasteiger partial charge in [-0.15, -0.1) is 0 Å². The Labute approximate surface area is 112 Å². The Hall–Kier alpha value is -1.69. The standard InChI is InChI=1S/C13H19N3O3/c1-18-6-5-16-9-10(8-12(16)17)7-11-13(19-2)15-4-3-14-11/h3-4,10H,5-9H2,1-2H3/t10-/m1/s1. The van der Waals surface area contributed by atoms with Crippen LogP contribution in [0.25, 0.3) is 0 Å². The van der Waals surface area contributed by atoms with Crippen molar-refractivity contribution in [2.24, 2.45) is 5.92 Å². The summed E-state index contributed by atoms with van der Waals surface area (Å²) in [6, 6.07) is 0. The Morgan fingerprint density at radius 1 is 1.37 bits per heavy atom. The molecule has 0 bridgehead atoms. The second-order valence-corrected chi connectivity index (χ2v) is 4.62. The van der Waals surface area contributed by atoms with Crippen LogP contribution in [0.15, 0.2) is 12.4 Å². The van der Waals surface area contributed by atoms with Crippen molar-refractivity contribution in [2.75, 3.05) is 33.9 Å². The van der Waals surface area contributed by atoms with E-state index in [1.165, 1.54) is 0 Å². The number of methoxy groups -OCH3 is 2. The van der Waals surface area contributed by atoms with Gasteiger partial charge >= 0.3 is 0 Å². The predicted molar refractivity (Wildman–Crippen MR) is 68.9 cm³/mol. The molecule has 1 amide bonds. The molecule has 1 aliphatic rings. The van der Waals surface area contributed by atoms with E-state index in [4.69, 9.17) is 9.47 Å². The zero-order valence-electron chi connectivity index (χ0n) is 11.3. The van der Waals surface area contributed by atoms with Crippen LogP contribution in [0.2, 0.25) is 0 Å². The van der Waals surface area contributed by atoms with Crippen molar-refractivity contribution >= 4 is 5.91 Å². The summed E-state index contributed by atoms with van der Waals surface area (Å²) in [5.74, 6) is 1.00. The molecule has 0 saturated carbocycles. The number of carbonyl (C=O) groups excluding carboxylic acids is 1. The molecule has 19 heavy (non-hydrogen) atoms. The van der Waals surface area contributed by atoms with Crippen molar-refractivity contribution in [2.45, 2.75) is 12.8 Å². The third-order valence-corrected chi connectivity index (χ3v) is 3.27. The maximum Gasteiger partial charge on any atom is 0.235 e. The topological polar surface area (TPSA) is 64.6 Å². The molecule has 1 saturated heterocycles. The first-order valence-electron chi connectivity index (χ1n) is 6.35. The molecule has 1 aromatic rings. The lowest BCUT2D eigenvalue weighted by Crippen LogP contribution is -2.29. The molecule has 6 nitrogen and oxygen atoms in total. The highest BCUT2D eigenvalue weighted by atomic mass is 16.5. The number of amides is 1. The maximum atomic E-state index is 11.8. The fraction of sp³-hybridized carbons (Fsp3) is 0.615. The second-order valence-electron chi connectivity index (χ2n) is 4.62. The minimum Gasteiger partial charge on any atom is -0.480 e. The normalized spacial score (nSPS) is 18.9. The quantitative estimate of drug-likeness (QED) is 0.750. The molecule has 104 valence electrons. The predicted octanol–water partition coefficient (Wildman–Crippen LogP) is 0.523. The molecule has 6 heteroatoms. The van der Waals surface area contributed by atoms with Crippen LogP contribution in [0.5, 0.6) is 5.88 Å².